The van der Waals surface area contributed by atoms with Crippen molar-refractivity contribution in [1.29, 1.82) is 0 Å². The molecule has 0 saturated heterocycles. The Balaban J connectivity index is -0.000000371. The molecule has 2 aromatic rings. The van der Waals surface area contributed by atoms with Gasteiger partial charge in [0.05, 0.1) is 10.0 Å². The van der Waals surface area contributed by atoms with Crippen LogP contribution in [0.1, 0.15) is 20.8 Å². The normalized spacial score (nSPS) is 8.04. The maximum atomic E-state index is 8.89. The van der Waals surface area contributed by atoms with Gasteiger partial charge in [0.1, 0.15) is 0 Å². The van der Waals surface area contributed by atoms with Gasteiger partial charge in [-0.25, -0.2) is 0 Å². The molecule has 2 radical (unpaired) electrons. The number of rotatable bonds is 1. The van der Waals surface area contributed by atoms with E-state index >= 15 is 0 Å². The van der Waals surface area contributed by atoms with Crippen molar-refractivity contribution in [3.63, 3.8) is 0 Å². The topological polar surface area (TPSA) is 120 Å². The van der Waals surface area contributed by atoms with Crippen molar-refractivity contribution in [3.05, 3.63) is 58.6 Å². The molecule has 0 bridgehead atoms. The van der Waals surface area contributed by atoms with Gasteiger partial charge in [-0.1, -0.05) is 65.7 Å². The number of carbonyl (C=O) groups is 3. The van der Waals surface area contributed by atoms with E-state index in [1.807, 2.05) is 42.5 Å². The number of hydrogen-bond donors (Lipinski definition) is 0. The van der Waals surface area contributed by atoms with E-state index in [0.29, 0.717) is 10.0 Å². The number of hydrogen-bond acceptors (Lipinski definition) is 6. The van der Waals surface area contributed by atoms with Crippen LogP contribution >= 0.6 is 23.2 Å². The molecule has 27 heavy (non-hydrogen) atoms. The van der Waals surface area contributed by atoms with Crippen molar-refractivity contribution in [2.75, 3.05) is 0 Å². The Labute approximate surface area is 185 Å². The van der Waals surface area contributed by atoms with Gasteiger partial charge in [0.25, 0.3) is 0 Å². The molecule has 0 amide bonds. The number of carbonyl (C=O) groups excluding carboxylic acids is 3. The van der Waals surface area contributed by atoms with Crippen molar-refractivity contribution in [2.24, 2.45) is 0 Å². The summed E-state index contributed by atoms with van der Waals surface area (Å²) in [6, 6.07) is 15.6. The molecular weight excluding hydrogens is 505 g/mol. The molecule has 0 fully saturated rings. The molecule has 9 heteroatoms. The number of carboxylic acid groups (broad SMARTS) is 3. The van der Waals surface area contributed by atoms with E-state index in [0.717, 1.165) is 31.9 Å². The van der Waals surface area contributed by atoms with Gasteiger partial charge < -0.3 is 29.7 Å². The maximum absolute atomic E-state index is 8.89. The van der Waals surface area contributed by atoms with Crippen LogP contribution in [0, 0.1) is 0 Å². The molecule has 0 aliphatic rings. The average Bonchev–Trinajstić information content (AvgIpc) is 2.49. The molecule has 0 aliphatic carbocycles. The molecule has 0 unspecified atom stereocenters. The SMILES string of the molecule is CC(=O)[O-].CC(=O)[O-].CC(=O)[O-].Clc1cccc(-c2ccccc2)c1Cl.[Sb+3]. The number of benzene rings is 2. The van der Waals surface area contributed by atoms with Crippen LogP contribution in [-0.4, -0.2) is 42.3 Å². The van der Waals surface area contributed by atoms with Gasteiger partial charge in [-0.2, -0.15) is 0 Å². The van der Waals surface area contributed by atoms with Crippen LogP contribution in [0.15, 0.2) is 48.5 Å². The summed E-state index contributed by atoms with van der Waals surface area (Å²) in [6.07, 6.45) is 0. The first-order valence-electron chi connectivity index (χ1n) is 7.01. The monoisotopic (exact) mass is 520 g/mol. The molecule has 144 valence electrons. The van der Waals surface area contributed by atoms with Crippen LogP contribution in [0.25, 0.3) is 11.1 Å². The summed E-state index contributed by atoms with van der Waals surface area (Å²) in [5.41, 5.74) is 2.06. The fourth-order valence-electron chi connectivity index (χ4n) is 1.34. The molecule has 0 heterocycles. The van der Waals surface area contributed by atoms with E-state index in [4.69, 9.17) is 52.9 Å². The first-order valence-corrected chi connectivity index (χ1v) is 7.76. The second-order valence-corrected chi connectivity index (χ2v) is 5.23. The van der Waals surface area contributed by atoms with Crippen molar-refractivity contribution in [1.82, 2.24) is 0 Å². The zero-order valence-corrected chi connectivity index (χ0v) is 18.8. The van der Waals surface area contributed by atoms with Gasteiger partial charge in [0, 0.05) is 23.5 Å². The van der Waals surface area contributed by atoms with Crippen molar-refractivity contribution in [2.45, 2.75) is 20.8 Å². The van der Waals surface area contributed by atoms with Crippen LogP contribution in [0.4, 0.5) is 0 Å². The predicted molar refractivity (Wildman–Crippen MR) is 99.7 cm³/mol. The Morgan fingerprint density at radius 2 is 1.07 bits per heavy atom. The van der Waals surface area contributed by atoms with Crippen LogP contribution in [0.2, 0.25) is 10.0 Å². The van der Waals surface area contributed by atoms with Crippen LogP contribution in [0.5, 0.6) is 0 Å². The van der Waals surface area contributed by atoms with E-state index in [9.17, 15) is 0 Å². The zero-order valence-electron chi connectivity index (χ0n) is 14.8. The predicted octanol–water partition coefficient (Wildman–Crippen LogP) is 0.548. The van der Waals surface area contributed by atoms with E-state index in [2.05, 4.69) is 0 Å². The van der Waals surface area contributed by atoms with E-state index in [-0.39, 0.29) is 24.4 Å². The molecule has 0 spiro atoms. The molecule has 6 nitrogen and oxygen atoms in total. The molecule has 0 saturated carbocycles. The third-order valence-corrected chi connectivity index (χ3v) is 2.86. The first-order chi connectivity index (χ1) is 12.0. The Kier molecular flexibility index (Phi) is 19.6. The minimum absolute atomic E-state index is 0. The van der Waals surface area contributed by atoms with Crippen molar-refractivity contribution in [3.8, 4) is 11.1 Å². The van der Waals surface area contributed by atoms with Gasteiger partial charge in [0.15, 0.2) is 0 Å². The second-order valence-electron chi connectivity index (χ2n) is 4.44. The Morgan fingerprint density at radius 3 is 1.44 bits per heavy atom. The third kappa shape index (κ3) is 20.4. The molecule has 2 rings (SSSR count). The standard InChI is InChI=1S/C12H8Cl2.3C2H4O2.Sb/c13-11-8-4-7-10(12(11)14)9-5-2-1-3-6-9;3*1-2(3)4;/h1-8H;3*1H3,(H,3,4);/q;;;;+3/p-3. The van der Waals surface area contributed by atoms with Gasteiger partial charge in [0.2, 0.25) is 0 Å². The second kappa shape index (κ2) is 17.7. The van der Waals surface area contributed by atoms with Crippen LogP contribution < -0.4 is 15.3 Å². The number of aliphatic carboxylic acids is 3. The summed E-state index contributed by atoms with van der Waals surface area (Å²) in [6.45, 7) is 2.92. The summed E-state index contributed by atoms with van der Waals surface area (Å²) in [5.74, 6) is -3.25. The largest absolute Gasteiger partial charge is 3.00 e. The molecule has 0 atom stereocenters. The summed E-state index contributed by atoms with van der Waals surface area (Å²) in [4.78, 5) is 26.7. The Hall–Kier alpha value is -1.75. The van der Waals surface area contributed by atoms with E-state index in [1.165, 1.54) is 0 Å². The van der Waals surface area contributed by atoms with Crippen LogP contribution in [0.3, 0.4) is 0 Å². The minimum atomic E-state index is -1.08. The van der Waals surface area contributed by atoms with E-state index in [1.54, 1.807) is 6.07 Å². The summed E-state index contributed by atoms with van der Waals surface area (Å²) in [7, 11) is 0. The van der Waals surface area contributed by atoms with Crippen molar-refractivity contribution >= 4 is 65.5 Å². The minimum Gasteiger partial charge on any atom is -0.550 e. The first kappa shape index (κ1) is 30.0. The summed E-state index contributed by atoms with van der Waals surface area (Å²) in [5, 5.41) is 27.9. The maximum Gasteiger partial charge on any atom is 3.00 e. The molecular formula is C18H17Cl2O6Sb. The fraction of sp³-hybridized carbons (Fsp3) is 0.167. The molecule has 0 N–H and O–H groups in total. The Bertz CT molecular complexity index is 668. The number of halogens is 2. The van der Waals surface area contributed by atoms with Gasteiger partial charge in [-0.3, -0.25) is 0 Å². The molecule has 2 aromatic carbocycles. The average molecular weight is 522 g/mol. The number of carboxylic acids is 3. The fourth-order valence-corrected chi connectivity index (χ4v) is 1.75. The molecule has 0 aliphatic heterocycles. The van der Waals surface area contributed by atoms with E-state index < -0.39 is 17.9 Å². The quantitative estimate of drug-likeness (QED) is 0.505. The van der Waals surface area contributed by atoms with Gasteiger partial charge >= 0.3 is 24.4 Å². The van der Waals surface area contributed by atoms with Gasteiger partial charge in [-0.05, 0) is 32.4 Å². The van der Waals surface area contributed by atoms with Gasteiger partial charge in [-0.15, -0.1) is 0 Å². The summed E-state index contributed by atoms with van der Waals surface area (Å²) >= 11 is 12.0. The third-order valence-electron chi connectivity index (χ3n) is 2.04. The smallest absolute Gasteiger partial charge is 0.550 e. The zero-order chi connectivity index (χ0) is 20.7. The molecule has 0 aromatic heterocycles. The summed E-state index contributed by atoms with van der Waals surface area (Å²) < 4.78 is 0. The van der Waals surface area contributed by atoms with Crippen LogP contribution in [-0.2, 0) is 14.4 Å². The Morgan fingerprint density at radius 1 is 0.704 bits per heavy atom. The van der Waals surface area contributed by atoms with Crippen molar-refractivity contribution < 1.29 is 29.7 Å².